The largest absolute Gasteiger partial charge is 0.416 e. The number of imidazole rings is 1. The van der Waals surface area contributed by atoms with Gasteiger partial charge in [0.25, 0.3) is 5.56 Å². The van der Waals surface area contributed by atoms with Crippen LogP contribution in [-0.4, -0.2) is 35.6 Å². The fraction of sp³-hybridized carbons (Fsp3) is 0.167. The van der Waals surface area contributed by atoms with Crippen molar-refractivity contribution in [2.24, 2.45) is 0 Å². The summed E-state index contributed by atoms with van der Waals surface area (Å²) in [6, 6.07) is 14.7. The van der Waals surface area contributed by atoms with Crippen molar-refractivity contribution in [3.05, 3.63) is 65.2 Å². The summed E-state index contributed by atoms with van der Waals surface area (Å²) < 4.78 is 7.68. The average molecular weight is 470 g/mol. The smallest absolute Gasteiger partial charge is 0.280 e. The molecule has 3 heterocycles. The number of carbonyl (C=O) groups excluding carboxylic acids is 1. The number of hydrogen-bond donors (Lipinski definition) is 3. The molecule has 0 aliphatic rings. The Bertz CT molecular complexity index is 1580. The molecule has 0 aliphatic heterocycles. The monoisotopic (exact) mass is 470 g/mol. The Kier molecular flexibility index (Phi) is 5.57. The van der Waals surface area contributed by atoms with Crippen LogP contribution in [0.15, 0.2) is 64.1 Å². The van der Waals surface area contributed by atoms with Crippen molar-refractivity contribution < 1.29 is 9.21 Å². The molecule has 1 amide bonds. The predicted molar refractivity (Wildman–Crippen MR) is 131 cm³/mol. The van der Waals surface area contributed by atoms with E-state index >= 15 is 0 Å². The van der Waals surface area contributed by atoms with Crippen molar-refractivity contribution in [1.29, 1.82) is 0 Å². The molecule has 5 rings (SSSR count). The lowest BCUT2D eigenvalue weighted by molar-refractivity contribution is -0.114. The van der Waals surface area contributed by atoms with Crippen molar-refractivity contribution in [3.63, 3.8) is 0 Å². The molecular weight excluding hydrogens is 448 g/mol. The van der Waals surface area contributed by atoms with Gasteiger partial charge in [-0.15, -0.1) is 10.2 Å². The molecule has 0 atom stereocenters. The third-order valence-electron chi connectivity index (χ3n) is 5.26. The highest BCUT2D eigenvalue weighted by Gasteiger charge is 2.16. The molecule has 0 aliphatic carbocycles. The van der Waals surface area contributed by atoms with Gasteiger partial charge in [0.05, 0.1) is 17.7 Å². The van der Waals surface area contributed by atoms with E-state index in [-0.39, 0.29) is 29.0 Å². The first-order valence-electron chi connectivity index (χ1n) is 10.9. The van der Waals surface area contributed by atoms with Crippen LogP contribution in [0.25, 0.3) is 34.1 Å². The normalized spacial score (nSPS) is 11.2. The maximum absolute atomic E-state index is 12.6. The zero-order valence-corrected chi connectivity index (χ0v) is 19.2. The highest BCUT2D eigenvalue weighted by atomic mass is 16.4. The Morgan fingerprint density at radius 2 is 1.77 bits per heavy atom. The molecule has 35 heavy (non-hydrogen) atoms. The van der Waals surface area contributed by atoms with Crippen molar-refractivity contribution in [3.8, 4) is 22.9 Å². The molecule has 11 nitrogen and oxygen atoms in total. The number of benzene rings is 2. The highest BCUT2D eigenvalue weighted by Crippen LogP contribution is 2.31. The van der Waals surface area contributed by atoms with Gasteiger partial charge < -0.3 is 19.6 Å². The summed E-state index contributed by atoms with van der Waals surface area (Å²) in [6.07, 6.45) is 1.59. The lowest BCUT2D eigenvalue weighted by Gasteiger charge is -2.13. The van der Waals surface area contributed by atoms with Crippen LogP contribution in [0, 0.1) is 0 Å². The number of hydrogen-bond acceptors (Lipinski definition) is 8. The van der Waals surface area contributed by atoms with Crippen LogP contribution >= 0.6 is 0 Å². The molecule has 0 spiro atoms. The maximum Gasteiger partial charge on any atom is 0.280 e. The van der Waals surface area contributed by atoms with Crippen molar-refractivity contribution >= 4 is 34.4 Å². The lowest BCUT2D eigenvalue weighted by atomic mass is 10.1. The summed E-state index contributed by atoms with van der Waals surface area (Å²) >= 11 is 0. The summed E-state index contributed by atoms with van der Waals surface area (Å²) in [4.78, 5) is 35.8. The van der Waals surface area contributed by atoms with E-state index in [0.717, 1.165) is 5.56 Å². The molecule has 2 aromatic carbocycles. The van der Waals surface area contributed by atoms with E-state index in [9.17, 15) is 9.59 Å². The predicted octanol–water partition coefficient (Wildman–Crippen LogP) is 4.12. The van der Waals surface area contributed by atoms with Crippen LogP contribution in [0.5, 0.6) is 0 Å². The van der Waals surface area contributed by atoms with Gasteiger partial charge in [0.1, 0.15) is 0 Å². The van der Waals surface area contributed by atoms with Gasteiger partial charge in [0, 0.05) is 24.1 Å². The lowest BCUT2D eigenvalue weighted by Crippen LogP contribution is -2.14. The number of anilines is 3. The number of fused-ring (bicyclic) bond motifs is 1. The minimum atomic E-state index is -0.376. The topological polar surface area (TPSA) is 144 Å². The summed E-state index contributed by atoms with van der Waals surface area (Å²) in [5.41, 5.74) is 2.72. The van der Waals surface area contributed by atoms with E-state index < -0.39 is 0 Å². The standard InChI is InChI=1S/C24H22N8O3/c1-13(2)32-12-25-19-20(32)28-24(29-21(19)34)27-18-11-16(9-10-17(18)26-14(3)33)23-31-30-22(35-23)15-7-5-4-6-8-15/h4-13H,1-3H3,(H,26,33)(H2,27,28,29,34). The van der Waals surface area contributed by atoms with Gasteiger partial charge in [0.2, 0.25) is 23.6 Å². The first kappa shape index (κ1) is 22.0. The number of carbonyl (C=O) groups is 1. The fourth-order valence-electron chi connectivity index (χ4n) is 3.61. The zero-order chi connectivity index (χ0) is 24.5. The molecule has 0 unspecified atom stereocenters. The van der Waals surface area contributed by atoms with Crippen LogP contribution in [0.3, 0.4) is 0 Å². The summed E-state index contributed by atoms with van der Waals surface area (Å²) in [6.45, 7) is 5.36. The Morgan fingerprint density at radius 1 is 1.03 bits per heavy atom. The Balaban J connectivity index is 1.55. The van der Waals surface area contributed by atoms with Crippen LogP contribution in [0.1, 0.15) is 26.8 Å². The number of aromatic nitrogens is 6. The summed E-state index contributed by atoms with van der Waals surface area (Å²) in [7, 11) is 0. The molecule has 5 aromatic rings. The first-order chi connectivity index (χ1) is 16.9. The average Bonchev–Trinajstić information content (AvgIpc) is 3.49. The van der Waals surface area contributed by atoms with Gasteiger partial charge in [-0.1, -0.05) is 18.2 Å². The van der Waals surface area contributed by atoms with Crippen molar-refractivity contribution in [1.82, 2.24) is 29.7 Å². The van der Waals surface area contributed by atoms with E-state index in [4.69, 9.17) is 4.42 Å². The number of nitrogens with zero attached hydrogens (tertiary/aromatic N) is 5. The molecule has 0 fully saturated rings. The second-order valence-corrected chi connectivity index (χ2v) is 8.18. The van der Waals surface area contributed by atoms with E-state index in [1.807, 2.05) is 48.7 Å². The molecule has 0 saturated heterocycles. The third-order valence-corrected chi connectivity index (χ3v) is 5.26. The van der Waals surface area contributed by atoms with Gasteiger partial charge in [-0.25, -0.2) is 4.98 Å². The Hall–Kier alpha value is -4.80. The number of aromatic amines is 1. The van der Waals surface area contributed by atoms with Crippen LogP contribution in [-0.2, 0) is 4.79 Å². The second kappa shape index (κ2) is 8.86. The fourth-order valence-corrected chi connectivity index (χ4v) is 3.61. The van der Waals surface area contributed by atoms with Crippen LogP contribution < -0.4 is 16.2 Å². The number of amides is 1. The summed E-state index contributed by atoms with van der Waals surface area (Å²) in [5.74, 6) is 0.638. The number of nitrogens with one attached hydrogen (secondary N) is 3. The molecule has 0 saturated carbocycles. The Labute approximate surface area is 199 Å². The molecule has 3 N–H and O–H groups in total. The van der Waals surface area contributed by atoms with Gasteiger partial charge in [-0.05, 0) is 44.2 Å². The number of H-pyrrole nitrogens is 1. The summed E-state index contributed by atoms with van der Waals surface area (Å²) in [5, 5.41) is 14.2. The van der Waals surface area contributed by atoms with E-state index in [0.29, 0.717) is 34.4 Å². The highest BCUT2D eigenvalue weighted by molar-refractivity contribution is 5.94. The van der Waals surface area contributed by atoms with Gasteiger partial charge in [0.15, 0.2) is 11.2 Å². The minimum absolute atomic E-state index is 0.0664. The van der Waals surface area contributed by atoms with Crippen molar-refractivity contribution in [2.75, 3.05) is 10.6 Å². The molecule has 0 bridgehead atoms. The molecule has 11 heteroatoms. The zero-order valence-electron chi connectivity index (χ0n) is 19.2. The maximum atomic E-state index is 12.6. The van der Waals surface area contributed by atoms with Gasteiger partial charge in [-0.3, -0.25) is 14.6 Å². The van der Waals surface area contributed by atoms with E-state index in [2.05, 4.69) is 35.8 Å². The molecule has 0 radical (unpaired) electrons. The van der Waals surface area contributed by atoms with Crippen molar-refractivity contribution in [2.45, 2.75) is 26.8 Å². The van der Waals surface area contributed by atoms with Crippen LogP contribution in [0.2, 0.25) is 0 Å². The molecule has 176 valence electrons. The Morgan fingerprint density at radius 3 is 2.49 bits per heavy atom. The first-order valence-corrected chi connectivity index (χ1v) is 10.9. The quantitative estimate of drug-likeness (QED) is 0.336. The van der Waals surface area contributed by atoms with E-state index in [1.165, 1.54) is 6.92 Å². The molecule has 3 aromatic heterocycles. The van der Waals surface area contributed by atoms with Crippen LogP contribution in [0.4, 0.5) is 17.3 Å². The van der Waals surface area contributed by atoms with Gasteiger partial charge in [-0.2, -0.15) is 4.98 Å². The van der Waals surface area contributed by atoms with E-state index in [1.54, 1.807) is 24.5 Å². The van der Waals surface area contributed by atoms with Gasteiger partial charge >= 0.3 is 0 Å². The molecular formula is C24H22N8O3. The number of rotatable bonds is 6. The minimum Gasteiger partial charge on any atom is -0.416 e. The second-order valence-electron chi connectivity index (χ2n) is 8.18. The SMILES string of the molecule is CC(=O)Nc1ccc(-c2nnc(-c3ccccc3)o2)cc1Nc1nc2c(ncn2C(C)C)c(=O)[nH]1. The third kappa shape index (κ3) is 4.38.